The minimum absolute atomic E-state index is 0.0216. The summed E-state index contributed by atoms with van der Waals surface area (Å²) in [6.45, 7) is 6.30. The number of carbonyl (C=O) groups excluding carboxylic acids is 2. The molecule has 3 aromatic rings. The number of ketones is 1. The first kappa shape index (κ1) is 19.7. The molecular weight excluding hydrogens is 384 g/mol. The zero-order chi connectivity index (χ0) is 20.2. The van der Waals surface area contributed by atoms with E-state index in [0.717, 1.165) is 54.1 Å². The molecule has 1 aromatic heterocycles. The molecule has 0 spiro atoms. The number of hydrogen-bond acceptors (Lipinski definition) is 6. The molecule has 0 saturated carbocycles. The van der Waals surface area contributed by atoms with Gasteiger partial charge in [0.1, 0.15) is 0 Å². The second-order valence-corrected chi connectivity index (χ2v) is 8.37. The van der Waals surface area contributed by atoms with Gasteiger partial charge in [0.2, 0.25) is 5.91 Å². The Morgan fingerprint density at radius 3 is 2.55 bits per heavy atom. The summed E-state index contributed by atoms with van der Waals surface area (Å²) in [5.41, 5.74) is 2.82. The first-order chi connectivity index (χ1) is 14.1. The van der Waals surface area contributed by atoms with Crippen molar-refractivity contribution < 1.29 is 9.59 Å². The van der Waals surface area contributed by atoms with Crippen LogP contribution in [0.3, 0.4) is 0 Å². The van der Waals surface area contributed by atoms with E-state index in [9.17, 15) is 9.59 Å². The number of amides is 1. The molecule has 0 unspecified atom stereocenters. The van der Waals surface area contributed by atoms with Gasteiger partial charge in [-0.2, -0.15) is 0 Å². The zero-order valence-electron chi connectivity index (χ0n) is 16.4. The topological polar surface area (TPSA) is 65.5 Å². The quantitative estimate of drug-likeness (QED) is 0.634. The summed E-state index contributed by atoms with van der Waals surface area (Å²) < 4.78 is 1.07. The lowest BCUT2D eigenvalue weighted by molar-refractivity contribution is -0.117. The van der Waals surface area contributed by atoms with E-state index in [-0.39, 0.29) is 11.7 Å². The van der Waals surface area contributed by atoms with E-state index in [1.807, 2.05) is 42.5 Å². The van der Waals surface area contributed by atoms with Crippen molar-refractivity contribution in [3.63, 3.8) is 0 Å². The van der Waals surface area contributed by atoms with Crippen molar-refractivity contribution in [1.82, 2.24) is 14.8 Å². The third-order valence-corrected chi connectivity index (χ3v) is 6.06. The Kier molecular flexibility index (Phi) is 5.99. The highest BCUT2D eigenvalue weighted by Crippen LogP contribution is 2.25. The summed E-state index contributed by atoms with van der Waals surface area (Å²) in [6.07, 6.45) is 0. The fraction of sp³-hybridized carbons (Fsp3) is 0.318. The van der Waals surface area contributed by atoms with E-state index in [1.54, 1.807) is 6.92 Å². The molecular formula is C22H24N4O2S. The number of fused-ring (bicyclic) bond motifs is 1. The number of para-hydroxylation sites is 1. The van der Waals surface area contributed by atoms with Crippen molar-refractivity contribution in [3.8, 4) is 0 Å². The molecule has 0 bridgehead atoms. The Morgan fingerprint density at radius 2 is 1.79 bits per heavy atom. The van der Waals surface area contributed by atoms with Crippen LogP contribution in [0.4, 0.5) is 5.13 Å². The first-order valence-corrected chi connectivity index (χ1v) is 10.6. The predicted molar refractivity (Wildman–Crippen MR) is 116 cm³/mol. The summed E-state index contributed by atoms with van der Waals surface area (Å²) in [4.78, 5) is 32.9. The summed E-state index contributed by atoms with van der Waals surface area (Å²) in [7, 11) is 0. The number of benzene rings is 2. The Morgan fingerprint density at radius 1 is 1.03 bits per heavy atom. The molecule has 29 heavy (non-hydrogen) atoms. The van der Waals surface area contributed by atoms with Gasteiger partial charge in [0.15, 0.2) is 10.9 Å². The molecule has 4 rings (SSSR count). The fourth-order valence-electron chi connectivity index (χ4n) is 3.54. The van der Waals surface area contributed by atoms with Gasteiger partial charge in [0.25, 0.3) is 0 Å². The van der Waals surface area contributed by atoms with Crippen molar-refractivity contribution >= 4 is 38.4 Å². The second kappa shape index (κ2) is 8.82. The lowest BCUT2D eigenvalue weighted by Gasteiger charge is -2.34. The highest BCUT2D eigenvalue weighted by molar-refractivity contribution is 7.22. The average molecular weight is 409 g/mol. The van der Waals surface area contributed by atoms with Gasteiger partial charge < -0.3 is 5.32 Å². The number of aromatic nitrogens is 1. The van der Waals surface area contributed by atoms with Crippen LogP contribution in [-0.2, 0) is 11.3 Å². The van der Waals surface area contributed by atoms with Crippen LogP contribution in [0.25, 0.3) is 10.2 Å². The molecule has 1 aliphatic heterocycles. The number of anilines is 1. The third kappa shape index (κ3) is 5.06. The van der Waals surface area contributed by atoms with Crippen LogP contribution < -0.4 is 5.32 Å². The highest BCUT2D eigenvalue weighted by Gasteiger charge is 2.20. The van der Waals surface area contributed by atoms with E-state index >= 15 is 0 Å². The van der Waals surface area contributed by atoms with Crippen LogP contribution in [0.2, 0.25) is 0 Å². The molecule has 1 N–H and O–H groups in total. The summed E-state index contributed by atoms with van der Waals surface area (Å²) in [5.74, 6) is 0.0717. The second-order valence-electron chi connectivity index (χ2n) is 7.34. The fourth-order valence-corrected chi connectivity index (χ4v) is 4.42. The lowest BCUT2D eigenvalue weighted by atomic mass is 10.1. The number of rotatable bonds is 6. The number of piperazine rings is 1. The largest absolute Gasteiger partial charge is 0.301 e. The maximum atomic E-state index is 12.4. The minimum Gasteiger partial charge on any atom is -0.301 e. The number of hydrogen-bond donors (Lipinski definition) is 1. The molecule has 0 radical (unpaired) electrons. The highest BCUT2D eigenvalue weighted by atomic mass is 32.1. The van der Waals surface area contributed by atoms with Crippen molar-refractivity contribution in [2.45, 2.75) is 13.5 Å². The molecule has 1 saturated heterocycles. The van der Waals surface area contributed by atoms with Gasteiger partial charge in [0, 0.05) is 38.3 Å². The van der Waals surface area contributed by atoms with Crippen LogP contribution in [-0.4, -0.2) is 59.2 Å². The number of thiazole rings is 1. The van der Waals surface area contributed by atoms with Gasteiger partial charge in [0.05, 0.1) is 16.8 Å². The van der Waals surface area contributed by atoms with Crippen LogP contribution >= 0.6 is 11.3 Å². The molecule has 0 aliphatic carbocycles. The number of carbonyl (C=O) groups is 2. The first-order valence-electron chi connectivity index (χ1n) is 9.77. The molecule has 2 heterocycles. The summed E-state index contributed by atoms with van der Waals surface area (Å²) in [6, 6.07) is 15.7. The van der Waals surface area contributed by atoms with E-state index in [4.69, 9.17) is 0 Å². The van der Waals surface area contributed by atoms with Crippen molar-refractivity contribution in [3.05, 3.63) is 59.7 Å². The maximum Gasteiger partial charge on any atom is 0.240 e. The lowest BCUT2D eigenvalue weighted by Crippen LogP contribution is -2.48. The van der Waals surface area contributed by atoms with E-state index in [2.05, 4.69) is 26.2 Å². The number of nitrogens with one attached hydrogen (secondary N) is 1. The Bertz CT molecular complexity index is 991. The van der Waals surface area contributed by atoms with E-state index < -0.39 is 0 Å². The van der Waals surface area contributed by atoms with Crippen LogP contribution in [0, 0.1) is 0 Å². The molecule has 7 heteroatoms. The maximum absolute atomic E-state index is 12.4. The van der Waals surface area contributed by atoms with Gasteiger partial charge >= 0.3 is 0 Å². The van der Waals surface area contributed by atoms with Gasteiger partial charge in [-0.3, -0.25) is 19.4 Å². The SMILES string of the molecule is CC(=O)c1cccc(CN2CCN(CC(=O)Nc3nc4ccccc4s3)CC2)c1. The van der Waals surface area contributed by atoms with Crippen LogP contribution in [0.5, 0.6) is 0 Å². The Hall–Kier alpha value is -2.61. The summed E-state index contributed by atoms with van der Waals surface area (Å²) >= 11 is 1.50. The van der Waals surface area contributed by atoms with E-state index in [1.165, 1.54) is 11.3 Å². The summed E-state index contributed by atoms with van der Waals surface area (Å²) in [5, 5.41) is 3.58. The molecule has 1 aliphatic rings. The molecule has 1 fully saturated rings. The van der Waals surface area contributed by atoms with Crippen molar-refractivity contribution in [2.24, 2.45) is 0 Å². The standard InChI is InChI=1S/C22H24N4O2S/c1-16(27)18-6-4-5-17(13-18)14-25-9-11-26(12-10-25)15-21(28)24-22-23-19-7-2-3-8-20(19)29-22/h2-8,13H,9-12,14-15H2,1H3,(H,23,24,28). The predicted octanol–water partition coefficient (Wildman–Crippen LogP) is 3.26. The van der Waals surface area contributed by atoms with Crippen molar-refractivity contribution in [1.29, 1.82) is 0 Å². The third-order valence-electron chi connectivity index (χ3n) is 5.11. The molecule has 1 amide bonds. The molecule has 6 nitrogen and oxygen atoms in total. The van der Waals surface area contributed by atoms with Gasteiger partial charge in [-0.15, -0.1) is 0 Å². The molecule has 150 valence electrons. The molecule has 0 atom stereocenters. The van der Waals surface area contributed by atoms with E-state index in [0.29, 0.717) is 11.7 Å². The zero-order valence-corrected chi connectivity index (χ0v) is 17.2. The monoisotopic (exact) mass is 408 g/mol. The minimum atomic E-state index is -0.0216. The van der Waals surface area contributed by atoms with Gasteiger partial charge in [-0.25, -0.2) is 4.98 Å². The normalized spacial score (nSPS) is 15.5. The average Bonchev–Trinajstić information content (AvgIpc) is 3.11. The van der Waals surface area contributed by atoms with Gasteiger partial charge in [-0.1, -0.05) is 41.7 Å². The van der Waals surface area contributed by atoms with Crippen LogP contribution in [0.1, 0.15) is 22.8 Å². The smallest absolute Gasteiger partial charge is 0.240 e. The number of nitrogens with zero attached hydrogens (tertiary/aromatic N) is 3. The molecule has 2 aromatic carbocycles. The Labute approximate surface area is 174 Å². The number of Topliss-reactive ketones (excluding diaryl/α,β-unsaturated/α-hetero) is 1. The Balaban J connectivity index is 1.25. The van der Waals surface area contributed by atoms with Gasteiger partial charge in [-0.05, 0) is 30.7 Å². The van der Waals surface area contributed by atoms with Crippen molar-refractivity contribution in [2.75, 3.05) is 38.0 Å². The van der Waals surface area contributed by atoms with Crippen LogP contribution in [0.15, 0.2) is 48.5 Å².